The summed E-state index contributed by atoms with van der Waals surface area (Å²) in [6.07, 6.45) is 1.12. The van der Waals surface area contributed by atoms with Crippen molar-refractivity contribution in [3.63, 3.8) is 0 Å². The van der Waals surface area contributed by atoms with Crippen LogP contribution in [0.4, 0.5) is 10.5 Å². The van der Waals surface area contributed by atoms with E-state index in [-0.39, 0.29) is 11.9 Å². The van der Waals surface area contributed by atoms with Gasteiger partial charge in [0.05, 0.1) is 14.2 Å². The van der Waals surface area contributed by atoms with E-state index in [4.69, 9.17) is 14.5 Å². The van der Waals surface area contributed by atoms with E-state index in [1.54, 1.807) is 37.3 Å². The van der Waals surface area contributed by atoms with Gasteiger partial charge in [-0.25, -0.2) is 4.79 Å². The Morgan fingerprint density at radius 2 is 1.75 bits per heavy atom. The van der Waals surface area contributed by atoms with Crippen LogP contribution >= 0.6 is 0 Å². The number of anilines is 1. The normalized spacial score (nSPS) is 17.1. The molecular weight excluding hydrogens is 408 g/mol. The second kappa shape index (κ2) is 8.53. The number of likely N-dealkylation sites (tertiary alicyclic amines) is 1. The summed E-state index contributed by atoms with van der Waals surface area (Å²) in [6.45, 7) is 5.05. The highest BCUT2D eigenvalue weighted by atomic mass is 16.5. The van der Waals surface area contributed by atoms with Crippen molar-refractivity contribution >= 4 is 23.3 Å². The van der Waals surface area contributed by atoms with Crippen LogP contribution in [0.25, 0.3) is 0 Å². The van der Waals surface area contributed by atoms with Crippen LogP contribution in [0.5, 0.6) is 11.5 Å². The highest BCUT2D eigenvalue weighted by Crippen LogP contribution is 2.31. The Balaban J connectivity index is 1.42. The zero-order chi connectivity index (χ0) is 22.9. The van der Waals surface area contributed by atoms with Gasteiger partial charge < -0.3 is 25.0 Å². The first-order valence-electron chi connectivity index (χ1n) is 10.6. The largest absolute Gasteiger partial charge is 0.493 e. The van der Waals surface area contributed by atoms with Crippen molar-refractivity contribution in [3.05, 3.63) is 53.1 Å². The molecule has 2 heterocycles. The maximum atomic E-state index is 12.8. The Bertz CT molecular complexity index is 1090. The van der Waals surface area contributed by atoms with Gasteiger partial charge >= 0.3 is 6.03 Å². The monoisotopic (exact) mass is 436 g/mol. The van der Waals surface area contributed by atoms with Gasteiger partial charge in [-0.2, -0.15) is 0 Å². The van der Waals surface area contributed by atoms with Crippen LogP contribution in [-0.2, 0) is 4.79 Å². The minimum Gasteiger partial charge on any atom is -0.493 e. The van der Waals surface area contributed by atoms with Crippen molar-refractivity contribution in [1.82, 2.24) is 10.2 Å². The van der Waals surface area contributed by atoms with Gasteiger partial charge in [-0.3, -0.25) is 9.79 Å². The second-order valence-corrected chi connectivity index (χ2v) is 8.23. The van der Waals surface area contributed by atoms with E-state index in [2.05, 4.69) is 10.6 Å². The molecule has 2 N–H and O–H groups in total. The van der Waals surface area contributed by atoms with E-state index in [0.717, 1.165) is 11.1 Å². The third-order valence-corrected chi connectivity index (χ3v) is 6.18. The molecule has 4 rings (SSSR count). The Kier molecular flexibility index (Phi) is 5.78. The van der Waals surface area contributed by atoms with E-state index >= 15 is 0 Å². The summed E-state index contributed by atoms with van der Waals surface area (Å²) in [4.78, 5) is 31.9. The number of nitrogens with zero attached hydrogens (tertiary/aromatic N) is 2. The number of rotatable bonds is 4. The number of nitrogens with one attached hydrogen (secondary N) is 2. The highest BCUT2D eigenvalue weighted by Gasteiger charge is 2.43. The van der Waals surface area contributed by atoms with Crippen molar-refractivity contribution in [1.29, 1.82) is 0 Å². The number of piperidine rings is 1. The molecular formula is C24H28N4O4. The Morgan fingerprint density at radius 3 is 2.41 bits per heavy atom. The molecule has 0 bridgehead atoms. The lowest BCUT2D eigenvalue weighted by atomic mass is 9.98. The van der Waals surface area contributed by atoms with Crippen LogP contribution in [-0.4, -0.2) is 55.5 Å². The first-order valence-corrected chi connectivity index (χ1v) is 10.6. The van der Waals surface area contributed by atoms with Crippen LogP contribution in [0.15, 0.2) is 41.4 Å². The molecule has 2 aliphatic heterocycles. The third-order valence-electron chi connectivity index (χ3n) is 6.18. The maximum absolute atomic E-state index is 12.8. The molecule has 1 spiro atoms. The van der Waals surface area contributed by atoms with Crippen LogP contribution in [0.1, 0.15) is 29.5 Å². The molecule has 168 valence electrons. The smallest absolute Gasteiger partial charge is 0.321 e. The van der Waals surface area contributed by atoms with Crippen molar-refractivity contribution < 1.29 is 19.1 Å². The predicted molar refractivity (Wildman–Crippen MR) is 123 cm³/mol. The average Bonchev–Trinajstić information content (AvgIpc) is 3.11. The van der Waals surface area contributed by atoms with Gasteiger partial charge in [0.2, 0.25) is 0 Å². The van der Waals surface area contributed by atoms with Crippen molar-refractivity contribution in [3.8, 4) is 11.5 Å². The molecule has 0 saturated carbocycles. The minimum atomic E-state index is -0.647. The maximum Gasteiger partial charge on any atom is 0.321 e. The molecule has 8 heteroatoms. The lowest BCUT2D eigenvalue weighted by Gasteiger charge is -2.37. The zero-order valence-electron chi connectivity index (χ0n) is 18.8. The van der Waals surface area contributed by atoms with Gasteiger partial charge in [0.1, 0.15) is 11.4 Å². The third kappa shape index (κ3) is 4.12. The summed E-state index contributed by atoms with van der Waals surface area (Å²) in [5.74, 6) is 0.987. The molecule has 2 aliphatic rings. The average molecular weight is 437 g/mol. The van der Waals surface area contributed by atoms with E-state index in [1.807, 2.05) is 32.0 Å². The summed E-state index contributed by atoms with van der Waals surface area (Å²) in [5.41, 5.74) is 3.58. The molecule has 8 nitrogen and oxygen atoms in total. The Morgan fingerprint density at radius 1 is 1.03 bits per heavy atom. The van der Waals surface area contributed by atoms with Crippen molar-refractivity contribution in [2.45, 2.75) is 32.4 Å². The zero-order valence-corrected chi connectivity index (χ0v) is 18.8. The van der Waals surface area contributed by atoms with Crippen LogP contribution in [0, 0.1) is 13.8 Å². The minimum absolute atomic E-state index is 0.156. The van der Waals surface area contributed by atoms with E-state index < -0.39 is 5.66 Å². The molecule has 1 fully saturated rings. The number of aryl methyl sites for hydroxylation is 2. The van der Waals surface area contributed by atoms with Gasteiger partial charge in [0.15, 0.2) is 11.5 Å². The number of aliphatic imine (C=N–C) groups is 1. The second-order valence-electron chi connectivity index (χ2n) is 8.23. The predicted octanol–water partition coefficient (Wildman–Crippen LogP) is 3.26. The van der Waals surface area contributed by atoms with Crippen molar-refractivity contribution in [2.75, 3.05) is 32.6 Å². The number of hydrogen-bond donors (Lipinski definition) is 2. The lowest BCUT2D eigenvalue weighted by molar-refractivity contribution is -0.115. The molecule has 0 aliphatic carbocycles. The van der Waals surface area contributed by atoms with Gasteiger partial charge in [-0.05, 0) is 43.2 Å². The van der Waals surface area contributed by atoms with Gasteiger partial charge in [0, 0.05) is 43.2 Å². The molecule has 3 amide bonds. The fourth-order valence-electron chi connectivity index (χ4n) is 4.08. The Hall–Kier alpha value is -3.55. The summed E-state index contributed by atoms with van der Waals surface area (Å²) < 4.78 is 10.5. The number of urea groups is 1. The van der Waals surface area contributed by atoms with Crippen LogP contribution in [0.3, 0.4) is 0 Å². The molecule has 0 unspecified atom stereocenters. The number of methoxy groups -OCH3 is 2. The van der Waals surface area contributed by atoms with Gasteiger partial charge in [-0.1, -0.05) is 12.1 Å². The fraction of sp³-hybridized carbons (Fsp3) is 0.375. The Labute approximate surface area is 187 Å². The van der Waals surface area contributed by atoms with Gasteiger partial charge in [0.25, 0.3) is 5.91 Å². The molecule has 0 aromatic heterocycles. The quantitative estimate of drug-likeness (QED) is 0.770. The SMILES string of the molecule is COc1ccc(NC(=O)N2CCC3(CC2)N=C(c2ccc(C)c(C)c2)C(=O)N3)cc1OC. The summed E-state index contributed by atoms with van der Waals surface area (Å²) in [6, 6.07) is 11.0. The van der Waals surface area contributed by atoms with Crippen molar-refractivity contribution in [2.24, 2.45) is 4.99 Å². The number of carbonyl (C=O) groups is 2. The molecule has 2 aromatic carbocycles. The summed E-state index contributed by atoms with van der Waals surface area (Å²) in [5, 5.41) is 5.96. The molecule has 0 radical (unpaired) electrons. The molecule has 32 heavy (non-hydrogen) atoms. The topological polar surface area (TPSA) is 92.3 Å². The summed E-state index contributed by atoms with van der Waals surface area (Å²) in [7, 11) is 3.12. The lowest BCUT2D eigenvalue weighted by Crippen LogP contribution is -2.53. The number of ether oxygens (including phenoxy) is 2. The van der Waals surface area contributed by atoms with Gasteiger partial charge in [-0.15, -0.1) is 0 Å². The number of amides is 3. The first-order chi connectivity index (χ1) is 15.3. The highest BCUT2D eigenvalue weighted by molar-refractivity contribution is 6.46. The number of hydrogen-bond acceptors (Lipinski definition) is 5. The molecule has 1 saturated heterocycles. The van der Waals surface area contributed by atoms with Crippen LogP contribution < -0.4 is 20.1 Å². The molecule has 0 atom stereocenters. The summed E-state index contributed by atoms with van der Waals surface area (Å²) >= 11 is 0. The number of benzene rings is 2. The number of carbonyl (C=O) groups excluding carboxylic acids is 2. The van der Waals surface area contributed by atoms with E-state index in [0.29, 0.717) is 48.8 Å². The van der Waals surface area contributed by atoms with E-state index in [9.17, 15) is 9.59 Å². The first kappa shape index (κ1) is 21.7. The van der Waals surface area contributed by atoms with Crippen LogP contribution in [0.2, 0.25) is 0 Å². The standard InChI is InChI=1S/C24H28N4O4/c1-15-5-6-17(13-16(15)2)21-22(29)27-24(26-21)9-11-28(12-10-24)23(30)25-18-7-8-19(31-3)20(14-18)32-4/h5-8,13-14H,9-12H2,1-4H3,(H,25,30)(H,27,29). The van der Waals surface area contributed by atoms with E-state index in [1.165, 1.54) is 5.56 Å². The fourth-order valence-corrected chi connectivity index (χ4v) is 4.08. The molecule has 2 aromatic rings.